The molecule has 1 atom stereocenters. The number of azide groups is 1. The summed E-state index contributed by atoms with van der Waals surface area (Å²) in [4.78, 5) is 14.7. The van der Waals surface area contributed by atoms with Crippen molar-refractivity contribution in [3.05, 3.63) is 76.2 Å². The van der Waals surface area contributed by atoms with Crippen molar-refractivity contribution < 1.29 is 9.90 Å². The number of hydrogen-bond donors (Lipinski definition) is 2. The summed E-state index contributed by atoms with van der Waals surface area (Å²) >= 11 is 0. The van der Waals surface area contributed by atoms with Crippen molar-refractivity contribution >= 4 is 11.6 Å². The monoisotopic (exact) mass is 282 g/mol. The van der Waals surface area contributed by atoms with Crippen LogP contribution in [0.15, 0.2) is 59.7 Å². The van der Waals surface area contributed by atoms with Crippen LogP contribution in [0.2, 0.25) is 0 Å². The largest absolute Gasteiger partial charge is 0.396 e. The Morgan fingerprint density at radius 2 is 1.86 bits per heavy atom. The van der Waals surface area contributed by atoms with Crippen molar-refractivity contribution in [3.8, 4) is 0 Å². The fraction of sp³-hybridized carbons (Fsp3) is 0.133. The summed E-state index contributed by atoms with van der Waals surface area (Å²) in [6.07, 6.45) is 0. The van der Waals surface area contributed by atoms with Crippen LogP contribution in [0.5, 0.6) is 0 Å². The third kappa shape index (κ3) is 3.82. The summed E-state index contributed by atoms with van der Waals surface area (Å²) < 4.78 is 0. The maximum Gasteiger partial charge on any atom is 0.255 e. The molecule has 0 saturated heterocycles. The molecule has 0 radical (unpaired) electrons. The summed E-state index contributed by atoms with van der Waals surface area (Å²) in [5.41, 5.74) is 10.3. The van der Waals surface area contributed by atoms with Gasteiger partial charge in [-0.05, 0) is 35.4 Å². The number of nitrogens with one attached hydrogen (secondary N) is 1. The minimum atomic E-state index is -0.638. The molecule has 0 aliphatic rings. The van der Waals surface area contributed by atoms with Crippen LogP contribution in [0, 0.1) is 0 Å². The van der Waals surface area contributed by atoms with Crippen molar-refractivity contribution in [2.75, 3.05) is 11.9 Å². The highest BCUT2D eigenvalue weighted by molar-refractivity contribution is 6.04. The lowest BCUT2D eigenvalue weighted by molar-refractivity contribution is 0.102. The van der Waals surface area contributed by atoms with Gasteiger partial charge in [-0.2, -0.15) is 0 Å². The number of amides is 1. The Bertz CT molecular complexity index is 649. The Hall–Kier alpha value is -2.82. The molecule has 6 nitrogen and oxygen atoms in total. The number of rotatable bonds is 5. The number of carbonyl (C=O) groups is 1. The molecule has 2 aromatic carbocycles. The molecule has 0 bridgehead atoms. The fourth-order valence-electron chi connectivity index (χ4n) is 1.85. The van der Waals surface area contributed by atoms with Gasteiger partial charge >= 0.3 is 0 Å². The number of nitrogens with zero attached hydrogens (tertiary/aromatic N) is 3. The molecule has 6 heteroatoms. The molecule has 0 fully saturated rings. The molecule has 0 aliphatic carbocycles. The molecule has 106 valence electrons. The number of hydrogen-bond acceptors (Lipinski definition) is 3. The Balaban J connectivity index is 2.11. The van der Waals surface area contributed by atoms with Gasteiger partial charge in [0.25, 0.3) is 5.91 Å². The van der Waals surface area contributed by atoms with Crippen molar-refractivity contribution in [2.45, 2.75) is 6.04 Å². The van der Waals surface area contributed by atoms with E-state index in [0.717, 1.165) is 0 Å². The zero-order valence-corrected chi connectivity index (χ0v) is 11.2. The summed E-state index contributed by atoms with van der Waals surface area (Å²) in [5.74, 6) is -0.225. The van der Waals surface area contributed by atoms with Gasteiger partial charge in [-0.3, -0.25) is 4.79 Å². The summed E-state index contributed by atoms with van der Waals surface area (Å²) in [7, 11) is 0. The zero-order chi connectivity index (χ0) is 15.1. The van der Waals surface area contributed by atoms with Gasteiger partial charge < -0.3 is 10.4 Å². The minimum Gasteiger partial charge on any atom is -0.396 e. The van der Waals surface area contributed by atoms with Crippen molar-refractivity contribution in [1.82, 2.24) is 0 Å². The molecule has 0 aliphatic heterocycles. The van der Waals surface area contributed by atoms with E-state index in [-0.39, 0.29) is 12.5 Å². The van der Waals surface area contributed by atoms with Crippen LogP contribution < -0.4 is 5.32 Å². The molecule has 0 spiro atoms. The Morgan fingerprint density at radius 1 is 1.19 bits per heavy atom. The first-order valence-electron chi connectivity index (χ1n) is 6.36. The maximum atomic E-state index is 12.0. The molecule has 21 heavy (non-hydrogen) atoms. The van der Waals surface area contributed by atoms with Gasteiger partial charge in [0.05, 0.1) is 12.6 Å². The van der Waals surface area contributed by atoms with Crippen molar-refractivity contribution in [3.63, 3.8) is 0 Å². The molecule has 0 aromatic heterocycles. The summed E-state index contributed by atoms with van der Waals surface area (Å²) in [5, 5.41) is 15.4. The second-order valence-electron chi connectivity index (χ2n) is 4.35. The van der Waals surface area contributed by atoms with Crippen LogP contribution in [-0.2, 0) is 0 Å². The predicted octanol–water partition coefficient (Wildman–Crippen LogP) is 3.28. The second-order valence-corrected chi connectivity index (χ2v) is 4.35. The molecule has 0 saturated carbocycles. The number of aliphatic hydroxyl groups is 1. The van der Waals surface area contributed by atoms with E-state index in [9.17, 15) is 4.79 Å². The van der Waals surface area contributed by atoms with Crippen LogP contribution in [0.3, 0.4) is 0 Å². The van der Waals surface area contributed by atoms with E-state index in [2.05, 4.69) is 15.3 Å². The van der Waals surface area contributed by atoms with E-state index >= 15 is 0 Å². The third-order valence-corrected chi connectivity index (χ3v) is 2.95. The molecular formula is C15H14N4O2. The summed E-state index contributed by atoms with van der Waals surface area (Å²) in [6, 6.07) is 15.1. The molecule has 2 N–H and O–H groups in total. The highest BCUT2D eigenvalue weighted by Crippen LogP contribution is 2.18. The first-order chi connectivity index (χ1) is 10.2. The molecule has 2 aromatic rings. The van der Waals surface area contributed by atoms with Gasteiger partial charge in [-0.25, -0.2) is 0 Å². The third-order valence-electron chi connectivity index (χ3n) is 2.95. The van der Waals surface area contributed by atoms with Gasteiger partial charge in [0.1, 0.15) is 0 Å². The lowest BCUT2D eigenvalue weighted by atomic mass is 10.1. The van der Waals surface area contributed by atoms with Gasteiger partial charge in [0, 0.05) is 16.2 Å². The lowest BCUT2D eigenvalue weighted by Gasteiger charge is -2.09. The minimum absolute atomic E-state index is 0.225. The van der Waals surface area contributed by atoms with Gasteiger partial charge in [0.2, 0.25) is 0 Å². The standard InChI is InChI=1S/C15H14N4O2/c16-19-18-14(10-20)11-6-8-12(9-7-11)15(21)17-13-4-2-1-3-5-13/h1-9,14,20H,10H2,(H,17,21). The SMILES string of the molecule is [N-]=[N+]=NC(CO)c1ccc(C(=O)Nc2ccccc2)cc1. The van der Waals surface area contributed by atoms with Crippen LogP contribution in [0.25, 0.3) is 10.4 Å². The number of para-hydroxylation sites is 1. The van der Waals surface area contributed by atoms with E-state index < -0.39 is 6.04 Å². The maximum absolute atomic E-state index is 12.0. The van der Waals surface area contributed by atoms with Crippen molar-refractivity contribution in [2.24, 2.45) is 5.11 Å². The highest BCUT2D eigenvalue weighted by Gasteiger charge is 2.10. The molecule has 1 amide bonds. The van der Waals surface area contributed by atoms with Crippen LogP contribution in [-0.4, -0.2) is 17.6 Å². The van der Waals surface area contributed by atoms with Crippen LogP contribution in [0.1, 0.15) is 22.0 Å². The number of benzene rings is 2. The predicted molar refractivity (Wildman–Crippen MR) is 79.8 cm³/mol. The van der Waals surface area contributed by atoms with Crippen molar-refractivity contribution in [1.29, 1.82) is 0 Å². The van der Waals surface area contributed by atoms with E-state index in [1.54, 1.807) is 36.4 Å². The van der Waals surface area contributed by atoms with E-state index in [1.165, 1.54) is 0 Å². The first-order valence-corrected chi connectivity index (χ1v) is 6.36. The second kappa shape index (κ2) is 7.09. The van der Waals surface area contributed by atoms with E-state index in [4.69, 9.17) is 10.6 Å². The summed E-state index contributed by atoms with van der Waals surface area (Å²) in [6.45, 7) is -0.278. The normalized spacial score (nSPS) is 11.3. The van der Waals surface area contributed by atoms with Crippen LogP contribution in [0.4, 0.5) is 5.69 Å². The highest BCUT2D eigenvalue weighted by atomic mass is 16.3. The quantitative estimate of drug-likeness (QED) is 0.499. The van der Waals surface area contributed by atoms with Crippen LogP contribution >= 0.6 is 0 Å². The number of carbonyl (C=O) groups excluding carboxylic acids is 1. The zero-order valence-electron chi connectivity index (χ0n) is 11.2. The van der Waals surface area contributed by atoms with Gasteiger partial charge in [0.15, 0.2) is 0 Å². The lowest BCUT2D eigenvalue weighted by Crippen LogP contribution is -2.12. The Kier molecular flexibility index (Phi) is 4.93. The topological polar surface area (TPSA) is 98.1 Å². The molecule has 0 heterocycles. The van der Waals surface area contributed by atoms with E-state index in [0.29, 0.717) is 16.8 Å². The first kappa shape index (κ1) is 14.6. The number of aliphatic hydroxyl groups excluding tert-OH is 1. The molecular weight excluding hydrogens is 268 g/mol. The van der Waals surface area contributed by atoms with E-state index in [1.807, 2.05) is 18.2 Å². The number of anilines is 1. The Labute approximate surface area is 121 Å². The average Bonchev–Trinajstić information content (AvgIpc) is 2.54. The smallest absolute Gasteiger partial charge is 0.255 e. The average molecular weight is 282 g/mol. The molecule has 2 rings (SSSR count). The van der Waals surface area contributed by atoms with Gasteiger partial charge in [-0.15, -0.1) is 0 Å². The van der Waals surface area contributed by atoms with Gasteiger partial charge in [-0.1, -0.05) is 35.4 Å². The Morgan fingerprint density at radius 3 is 2.43 bits per heavy atom. The fourth-order valence-corrected chi connectivity index (χ4v) is 1.85. The molecule has 1 unspecified atom stereocenters.